The summed E-state index contributed by atoms with van der Waals surface area (Å²) in [6.45, 7) is 2.24. The molecule has 0 aromatic carbocycles. The Labute approximate surface area is 105 Å². The van der Waals surface area contributed by atoms with Crippen molar-refractivity contribution in [3.63, 3.8) is 0 Å². The maximum Gasteiger partial charge on any atom is 0.188 e. The molecule has 0 bridgehead atoms. The van der Waals surface area contributed by atoms with Crippen molar-refractivity contribution in [2.45, 2.75) is 21.9 Å². The summed E-state index contributed by atoms with van der Waals surface area (Å²) in [6.07, 6.45) is 5.08. The molecular weight excluding hydrogens is 250 g/mol. The lowest BCUT2D eigenvalue weighted by Gasteiger charge is -2.06. The average Bonchev–Trinajstić information content (AvgIpc) is 2.71. The van der Waals surface area contributed by atoms with Crippen molar-refractivity contribution in [1.82, 2.24) is 15.3 Å². The van der Waals surface area contributed by atoms with Crippen LogP contribution >= 0.6 is 35.9 Å². The van der Waals surface area contributed by atoms with Gasteiger partial charge in [0.15, 0.2) is 5.16 Å². The lowest BCUT2D eigenvalue weighted by molar-refractivity contribution is 0.857. The van der Waals surface area contributed by atoms with Crippen LogP contribution in [0.5, 0.6) is 0 Å². The van der Waals surface area contributed by atoms with E-state index in [0.29, 0.717) is 5.25 Å². The highest BCUT2D eigenvalue weighted by Crippen LogP contribution is 2.25. The maximum absolute atomic E-state index is 4.44. The Bertz CT molecular complexity index is 305. The SMILES string of the molecule is CSc1nccc(S[C@H]2CCNC2)n1.Cl. The van der Waals surface area contributed by atoms with Gasteiger partial charge in [-0.1, -0.05) is 11.8 Å². The fourth-order valence-electron chi connectivity index (χ4n) is 1.39. The third kappa shape index (κ3) is 3.83. The molecule has 1 aliphatic rings. The summed E-state index contributed by atoms with van der Waals surface area (Å²) < 4.78 is 0. The molecular formula is C9H14ClN3S2. The van der Waals surface area contributed by atoms with Gasteiger partial charge < -0.3 is 5.32 Å². The fraction of sp³-hybridized carbons (Fsp3) is 0.556. The van der Waals surface area contributed by atoms with Crippen molar-refractivity contribution in [2.24, 2.45) is 0 Å². The zero-order chi connectivity index (χ0) is 9.80. The highest BCUT2D eigenvalue weighted by Gasteiger charge is 2.16. The Morgan fingerprint density at radius 3 is 3.07 bits per heavy atom. The molecule has 1 saturated heterocycles. The van der Waals surface area contributed by atoms with Crippen LogP contribution in [0, 0.1) is 0 Å². The van der Waals surface area contributed by atoms with Gasteiger partial charge in [-0.15, -0.1) is 24.2 Å². The topological polar surface area (TPSA) is 37.8 Å². The van der Waals surface area contributed by atoms with Crippen molar-refractivity contribution in [3.8, 4) is 0 Å². The molecule has 1 aliphatic heterocycles. The third-order valence-electron chi connectivity index (χ3n) is 2.09. The second kappa shape index (κ2) is 6.58. The number of nitrogens with zero attached hydrogens (tertiary/aromatic N) is 2. The summed E-state index contributed by atoms with van der Waals surface area (Å²) in [5, 5.41) is 5.99. The zero-order valence-corrected chi connectivity index (χ0v) is 10.9. The zero-order valence-electron chi connectivity index (χ0n) is 8.47. The van der Waals surface area contributed by atoms with E-state index < -0.39 is 0 Å². The number of hydrogen-bond donors (Lipinski definition) is 1. The second-order valence-corrected chi connectivity index (χ2v) is 5.21. The number of nitrogens with one attached hydrogen (secondary N) is 1. The van der Waals surface area contributed by atoms with Crippen LogP contribution in [0.4, 0.5) is 0 Å². The Morgan fingerprint density at radius 2 is 2.40 bits per heavy atom. The largest absolute Gasteiger partial charge is 0.316 e. The van der Waals surface area contributed by atoms with Crippen molar-refractivity contribution in [3.05, 3.63) is 12.3 Å². The molecule has 1 N–H and O–H groups in total. The van der Waals surface area contributed by atoms with Crippen LogP contribution in [0.3, 0.4) is 0 Å². The van der Waals surface area contributed by atoms with E-state index in [1.807, 2.05) is 30.3 Å². The van der Waals surface area contributed by atoms with Gasteiger partial charge in [0.25, 0.3) is 0 Å². The predicted octanol–water partition coefficient (Wildman–Crippen LogP) is 2.07. The summed E-state index contributed by atoms with van der Waals surface area (Å²) in [7, 11) is 0. The maximum atomic E-state index is 4.44. The number of hydrogen-bond acceptors (Lipinski definition) is 5. The van der Waals surface area contributed by atoms with E-state index in [9.17, 15) is 0 Å². The van der Waals surface area contributed by atoms with E-state index in [0.717, 1.165) is 23.3 Å². The van der Waals surface area contributed by atoms with Gasteiger partial charge in [0.05, 0.1) is 0 Å². The third-order valence-corrected chi connectivity index (χ3v) is 3.86. The molecule has 0 amide bonds. The number of rotatable bonds is 3. The minimum Gasteiger partial charge on any atom is -0.316 e. The van der Waals surface area contributed by atoms with Gasteiger partial charge in [-0.25, -0.2) is 9.97 Å². The molecule has 0 unspecified atom stereocenters. The van der Waals surface area contributed by atoms with E-state index in [1.165, 1.54) is 6.42 Å². The molecule has 1 fully saturated rings. The molecule has 2 rings (SSSR count). The minimum absolute atomic E-state index is 0. The quantitative estimate of drug-likeness (QED) is 0.514. The monoisotopic (exact) mass is 263 g/mol. The minimum atomic E-state index is 0. The van der Waals surface area contributed by atoms with Gasteiger partial charge in [0.2, 0.25) is 0 Å². The Balaban J connectivity index is 0.00000112. The van der Waals surface area contributed by atoms with Crippen LogP contribution < -0.4 is 5.32 Å². The van der Waals surface area contributed by atoms with Crippen LogP contribution in [-0.4, -0.2) is 34.6 Å². The molecule has 3 nitrogen and oxygen atoms in total. The van der Waals surface area contributed by atoms with E-state index in [2.05, 4.69) is 15.3 Å². The van der Waals surface area contributed by atoms with Gasteiger partial charge in [0.1, 0.15) is 5.03 Å². The first-order valence-electron chi connectivity index (χ1n) is 4.63. The van der Waals surface area contributed by atoms with Crippen LogP contribution in [0.1, 0.15) is 6.42 Å². The van der Waals surface area contributed by atoms with E-state index in [4.69, 9.17) is 0 Å². The van der Waals surface area contributed by atoms with Crippen molar-refractivity contribution >= 4 is 35.9 Å². The Kier molecular flexibility index (Phi) is 5.74. The number of aromatic nitrogens is 2. The summed E-state index contributed by atoms with van der Waals surface area (Å²) in [5.41, 5.74) is 0. The van der Waals surface area contributed by atoms with Crippen molar-refractivity contribution < 1.29 is 0 Å². The molecule has 1 atom stereocenters. The summed E-state index contributed by atoms with van der Waals surface area (Å²) in [4.78, 5) is 8.60. The highest BCUT2D eigenvalue weighted by atomic mass is 35.5. The smallest absolute Gasteiger partial charge is 0.188 e. The first-order chi connectivity index (χ1) is 6.88. The molecule has 6 heteroatoms. The second-order valence-electron chi connectivity index (χ2n) is 3.11. The summed E-state index contributed by atoms with van der Waals surface area (Å²) in [6, 6.07) is 1.99. The molecule has 1 aromatic heterocycles. The van der Waals surface area contributed by atoms with Gasteiger partial charge in [-0.05, 0) is 25.3 Å². The van der Waals surface area contributed by atoms with Crippen LogP contribution in [0.15, 0.2) is 22.4 Å². The van der Waals surface area contributed by atoms with Gasteiger partial charge >= 0.3 is 0 Å². The van der Waals surface area contributed by atoms with Crippen LogP contribution in [-0.2, 0) is 0 Å². The molecule has 0 spiro atoms. The Morgan fingerprint density at radius 1 is 1.53 bits per heavy atom. The standard InChI is InChI=1S/C9H13N3S2.ClH/c1-13-9-11-5-3-8(12-9)14-7-2-4-10-6-7;/h3,5,7,10H,2,4,6H2,1H3;1H/t7-;/m0./s1. The fourth-order valence-corrected chi connectivity index (χ4v) is 2.86. The molecule has 1 aromatic rings. The van der Waals surface area contributed by atoms with E-state index >= 15 is 0 Å². The Hall–Kier alpha value is 0.0300. The van der Waals surface area contributed by atoms with Crippen LogP contribution in [0.2, 0.25) is 0 Å². The van der Waals surface area contributed by atoms with Crippen molar-refractivity contribution in [1.29, 1.82) is 0 Å². The van der Waals surface area contributed by atoms with E-state index in [-0.39, 0.29) is 12.4 Å². The normalized spacial score (nSPS) is 19.9. The molecule has 0 radical (unpaired) electrons. The van der Waals surface area contributed by atoms with E-state index in [1.54, 1.807) is 11.8 Å². The number of thioether (sulfide) groups is 2. The van der Waals surface area contributed by atoms with Crippen molar-refractivity contribution in [2.75, 3.05) is 19.3 Å². The van der Waals surface area contributed by atoms with Crippen LogP contribution in [0.25, 0.3) is 0 Å². The molecule has 0 aliphatic carbocycles. The first kappa shape index (κ1) is 13.1. The van der Waals surface area contributed by atoms with Gasteiger partial charge in [-0.3, -0.25) is 0 Å². The molecule has 2 heterocycles. The molecule has 84 valence electrons. The molecule has 15 heavy (non-hydrogen) atoms. The highest BCUT2D eigenvalue weighted by molar-refractivity contribution is 8.00. The lowest BCUT2D eigenvalue weighted by atomic mass is 10.4. The average molecular weight is 264 g/mol. The van der Waals surface area contributed by atoms with Gasteiger partial charge in [0, 0.05) is 18.0 Å². The number of halogens is 1. The first-order valence-corrected chi connectivity index (χ1v) is 6.73. The lowest BCUT2D eigenvalue weighted by Crippen LogP contribution is -2.10. The molecule has 0 saturated carbocycles. The predicted molar refractivity (Wildman–Crippen MR) is 68.2 cm³/mol. The van der Waals surface area contributed by atoms with Gasteiger partial charge in [-0.2, -0.15) is 0 Å². The summed E-state index contributed by atoms with van der Waals surface area (Å²) >= 11 is 3.44. The summed E-state index contributed by atoms with van der Waals surface area (Å²) in [5.74, 6) is 0.